The number of hydrogen-bond donors (Lipinski definition) is 2. The van der Waals surface area contributed by atoms with Gasteiger partial charge >= 0.3 is 5.97 Å². The van der Waals surface area contributed by atoms with Crippen LogP contribution in [0.15, 0.2) is 34.9 Å². The Labute approximate surface area is 159 Å². The molecule has 1 aromatic heterocycles. The normalized spacial score (nSPS) is 15.6. The van der Waals surface area contributed by atoms with Gasteiger partial charge in [-0.1, -0.05) is 29.4 Å². The molecule has 1 aliphatic carbocycles. The standard InChI is InChI=1S/C20H17N3O5/c24-15(25)10-21-13-9-14(23-5-7-27-8-6-23)18-17-16(13)19(26)11-3-1-2-4-12(11)20(17)28-22-18/h1-4,9,21H,5-8,10H2,(H,24,25). The number of aromatic nitrogens is 1. The van der Waals surface area contributed by atoms with Crippen LogP contribution in [0, 0.1) is 0 Å². The SMILES string of the molecule is O=C(O)CNc1cc(N2CCOCC2)c2noc3c2c1C(=O)c1ccccc1-3. The van der Waals surface area contributed by atoms with Crippen LogP contribution < -0.4 is 10.2 Å². The Hall–Kier alpha value is -3.39. The molecule has 1 fully saturated rings. The first-order chi connectivity index (χ1) is 13.6. The third-order valence-electron chi connectivity index (χ3n) is 5.16. The van der Waals surface area contributed by atoms with Crippen LogP contribution in [0.4, 0.5) is 11.4 Å². The summed E-state index contributed by atoms with van der Waals surface area (Å²) in [4.78, 5) is 26.5. The molecule has 2 N–H and O–H groups in total. The minimum Gasteiger partial charge on any atom is -0.480 e. The molecule has 8 heteroatoms. The van der Waals surface area contributed by atoms with E-state index in [1.165, 1.54) is 0 Å². The van der Waals surface area contributed by atoms with Crippen LogP contribution in [-0.2, 0) is 9.53 Å². The van der Waals surface area contributed by atoms with E-state index in [4.69, 9.17) is 14.4 Å². The molecule has 2 aromatic carbocycles. The molecule has 1 aliphatic heterocycles. The molecule has 1 saturated heterocycles. The van der Waals surface area contributed by atoms with Gasteiger partial charge in [0.2, 0.25) is 0 Å². The van der Waals surface area contributed by atoms with Crippen molar-refractivity contribution >= 4 is 34.0 Å². The minimum absolute atomic E-state index is 0.169. The predicted octanol–water partition coefficient (Wildman–Crippen LogP) is 2.37. The van der Waals surface area contributed by atoms with Crippen molar-refractivity contribution in [2.24, 2.45) is 0 Å². The highest BCUT2D eigenvalue weighted by Crippen LogP contribution is 2.45. The number of nitrogens with one attached hydrogen (secondary N) is 1. The van der Waals surface area contributed by atoms with E-state index < -0.39 is 5.97 Å². The van der Waals surface area contributed by atoms with Crippen molar-refractivity contribution in [2.75, 3.05) is 43.1 Å². The van der Waals surface area contributed by atoms with E-state index >= 15 is 0 Å². The molecular formula is C20H17N3O5. The summed E-state index contributed by atoms with van der Waals surface area (Å²) in [6, 6.07) is 9.01. The zero-order valence-electron chi connectivity index (χ0n) is 14.9. The molecule has 142 valence electrons. The van der Waals surface area contributed by atoms with Crippen LogP contribution in [0.1, 0.15) is 15.9 Å². The summed E-state index contributed by atoms with van der Waals surface area (Å²) in [5, 5.41) is 16.9. The first kappa shape index (κ1) is 16.8. The third kappa shape index (κ3) is 2.45. The summed E-state index contributed by atoms with van der Waals surface area (Å²) < 4.78 is 11.1. The Balaban J connectivity index is 1.78. The van der Waals surface area contributed by atoms with Crippen LogP contribution in [0.25, 0.3) is 22.2 Å². The molecule has 0 spiro atoms. The van der Waals surface area contributed by atoms with Gasteiger partial charge in [-0.05, 0) is 6.07 Å². The maximum Gasteiger partial charge on any atom is 0.322 e. The van der Waals surface area contributed by atoms with Crippen molar-refractivity contribution in [3.05, 3.63) is 41.5 Å². The van der Waals surface area contributed by atoms with Gasteiger partial charge in [0.15, 0.2) is 11.5 Å². The summed E-state index contributed by atoms with van der Waals surface area (Å²) in [7, 11) is 0. The van der Waals surface area contributed by atoms with Gasteiger partial charge in [-0.15, -0.1) is 0 Å². The fourth-order valence-electron chi connectivity index (χ4n) is 3.90. The fraction of sp³-hybridized carbons (Fsp3) is 0.250. The number of anilines is 2. The first-order valence-corrected chi connectivity index (χ1v) is 9.04. The highest BCUT2D eigenvalue weighted by atomic mass is 16.5. The van der Waals surface area contributed by atoms with Gasteiger partial charge in [0, 0.05) is 29.9 Å². The second kappa shape index (κ2) is 6.35. The molecule has 0 atom stereocenters. The van der Waals surface area contributed by atoms with E-state index in [1.54, 1.807) is 18.2 Å². The smallest absolute Gasteiger partial charge is 0.322 e. The van der Waals surface area contributed by atoms with Crippen molar-refractivity contribution in [1.82, 2.24) is 5.16 Å². The Morgan fingerprint density at radius 3 is 2.71 bits per heavy atom. The van der Waals surface area contributed by atoms with Gasteiger partial charge < -0.3 is 24.6 Å². The molecule has 8 nitrogen and oxygen atoms in total. The number of aliphatic carboxylic acids is 1. The van der Waals surface area contributed by atoms with Gasteiger partial charge in [-0.3, -0.25) is 9.59 Å². The highest BCUT2D eigenvalue weighted by molar-refractivity contribution is 6.28. The van der Waals surface area contributed by atoms with Crippen LogP contribution in [0.2, 0.25) is 0 Å². The Morgan fingerprint density at radius 2 is 1.96 bits per heavy atom. The Morgan fingerprint density at radius 1 is 1.21 bits per heavy atom. The van der Waals surface area contributed by atoms with Crippen LogP contribution in [0.3, 0.4) is 0 Å². The molecule has 28 heavy (non-hydrogen) atoms. The summed E-state index contributed by atoms with van der Waals surface area (Å²) in [5.74, 6) is -0.638. The zero-order valence-corrected chi connectivity index (χ0v) is 14.9. The van der Waals surface area contributed by atoms with E-state index in [-0.39, 0.29) is 12.3 Å². The van der Waals surface area contributed by atoms with Gasteiger partial charge in [0.25, 0.3) is 0 Å². The molecule has 0 saturated carbocycles. The van der Waals surface area contributed by atoms with Gasteiger partial charge in [-0.25, -0.2) is 0 Å². The average molecular weight is 379 g/mol. The fourth-order valence-corrected chi connectivity index (χ4v) is 3.90. The number of carbonyl (C=O) groups excluding carboxylic acids is 1. The van der Waals surface area contributed by atoms with Crippen LogP contribution in [0.5, 0.6) is 0 Å². The van der Waals surface area contributed by atoms with E-state index in [2.05, 4.69) is 15.4 Å². The van der Waals surface area contributed by atoms with Crippen molar-refractivity contribution < 1.29 is 24.0 Å². The van der Waals surface area contributed by atoms with Crippen LogP contribution >= 0.6 is 0 Å². The number of nitrogens with zero attached hydrogens (tertiary/aromatic N) is 2. The van der Waals surface area contributed by atoms with E-state index in [1.807, 2.05) is 12.1 Å². The summed E-state index contributed by atoms with van der Waals surface area (Å²) in [5.41, 5.74) is 3.51. The van der Waals surface area contributed by atoms with E-state index in [0.29, 0.717) is 65.3 Å². The maximum absolute atomic E-state index is 13.3. The largest absolute Gasteiger partial charge is 0.480 e. The lowest BCUT2D eigenvalue weighted by Gasteiger charge is -2.30. The number of carbonyl (C=O) groups is 2. The zero-order chi connectivity index (χ0) is 19.3. The van der Waals surface area contributed by atoms with Crippen molar-refractivity contribution in [2.45, 2.75) is 0 Å². The second-order valence-electron chi connectivity index (χ2n) is 6.77. The average Bonchev–Trinajstić information content (AvgIpc) is 3.16. The summed E-state index contributed by atoms with van der Waals surface area (Å²) >= 11 is 0. The number of hydrogen-bond acceptors (Lipinski definition) is 7. The van der Waals surface area contributed by atoms with Crippen molar-refractivity contribution in [3.63, 3.8) is 0 Å². The Bertz CT molecular complexity index is 1110. The van der Waals surface area contributed by atoms with Crippen LogP contribution in [-0.4, -0.2) is 54.9 Å². The van der Waals surface area contributed by atoms with E-state index in [0.717, 1.165) is 5.69 Å². The molecule has 0 unspecified atom stereocenters. The third-order valence-corrected chi connectivity index (χ3v) is 5.16. The number of ether oxygens (including phenoxy) is 1. The number of carboxylic acid groups (broad SMARTS) is 1. The summed E-state index contributed by atoms with van der Waals surface area (Å²) in [6.07, 6.45) is 0. The van der Waals surface area contributed by atoms with Gasteiger partial charge in [0.1, 0.15) is 12.1 Å². The van der Waals surface area contributed by atoms with E-state index in [9.17, 15) is 9.59 Å². The lowest BCUT2D eigenvalue weighted by Crippen LogP contribution is -2.36. The molecule has 2 heterocycles. The minimum atomic E-state index is -1.01. The number of fused-ring (bicyclic) bond motifs is 2. The number of rotatable bonds is 4. The number of carboxylic acids is 1. The highest BCUT2D eigenvalue weighted by Gasteiger charge is 2.33. The number of ketones is 1. The lowest BCUT2D eigenvalue weighted by molar-refractivity contribution is -0.134. The lowest BCUT2D eigenvalue weighted by atomic mass is 9.86. The molecule has 3 aromatic rings. The quantitative estimate of drug-likeness (QED) is 0.557. The van der Waals surface area contributed by atoms with Crippen molar-refractivity contribution in [3.8, 4) is 11.3 Å². The van der Waals surface area contributed by atoms with Crippen molar-refractivity contribution in [1.29, 1.82) is 0 Å². The van der Waals surface area contributed by atoms with Gasteiger partial charge in [-0.2, -0.15) is 0 Å². The molecule has 5 rings (SSSR count). The molecular weight excluding hydrogens is 362 g/mol. The predicted molar refractivity (Wildman–Crippen MR) is 102 cm³/mol. The molecule has 0 amide bonds. The second-order valence-corrected chi connectivity index (χ2v) is 6.77. The molecule has 0 radical (unpaired) electrons. The number of morpholine rings is 1. The molecule has 0 bridgehead atoms. The number of benzene rings is 2. The summed E-state index contributed by atoms with van der Waals surface area (Å²) in [6.45, 7) is 2.25. The molecule has 2 aliphatic rings. The maximum atomic E-state index is 13.3. The first-order valence-electron chi connectivity index (χ1n) is 9.04. The topological polar surface area (TPSA) is 105 Å². The monoisotopic (exact) mass is 379 g/mol. The van der Waals surface area contributed by atoms with Gasteiger partial charge in [0.05, 0.1) is 29.9 Å². The Kier molecular flexibility index (Phi) is 3.80.